The highest BCUT2D eigenvalue weighted by atomic mass is 35.5. The molecule has 3 heterocycles. The summed E-state index contributed by atoms with van der Waals surface area (Å²) in [5.41, 5.74) is -0.513. The van der Waals surface area contributed by atoms with Crippen molar-refractivity contribution in [2.24, 2.45) is 10.9 Å². The Morgan fingerprint density at radius 2 is 1.81 bits per heavy atom. The number of dihydropyridines is 1. The second kappa shape index (κ2) is 10.2. The molecular formula is C25H24ClF4N5O2. The Morgan fingerprint density at radius 3 is 2.43 bits per heavy atom. The number of hydrogen-bond acceptors (Lipinski definition) is 5. The van der Waals surface area contributed by atoms with Gasteiger partial charge in [0, 0.05) is 61.0 Å². The van der Waals surface area contributed by atoms with E-state index in [2.05, 4.69) is 20.2 Å². The fourth-order valence-electron chi connectivity index (χ4n) is 4.47. The first-order valence-electron chi connectivity index (χ1n) is 11.4. The Kier molecular flexibility index (Phi) is 7.38. The molecule has 2 aliphatic heterocycles. The third-order valence-electron chi connectivity index (χ3n) is 6.63. The number of aromatic nitrogens is 1. The number of aliphatic imine (C=N–C) groups is 1. The average molecular weight is 538 g/mol. The Hall–Kier alpha value is -3.31. The molecule has 2 aliphatic rings. The Balaban J connectivity index is 1.77. The molecule has 7 nitrogen and oxygen atoms in total. The number of alkyl halides is 3. The molecule has 196 valence electrons. The van der Waals surface area contributed by atoms with Crippen LogP contribution < -0.4 is 10.2 Å². The predicted octanol–water partition coefficient (Wildman–Crippen LogP) is 4.72. The van der Waals surface area contributed by atoms with E-state index in [4.69, 9.17) is 11.6 Å². The van der Waals surface area contributed by atoms with Gasteiger partial charge in [-0.1, -0.05) is 11.6 Å². The van der Waals surface area contributed by atoms with E-state index in [-0.39, 0.29) is 28.4 Å². The van der Waals surface area contributed by atoms with Crippen molar-refractivity contribution in [2.75, 3.05) is 30.4 Å². The van der Waals surface area contributed by atoms with Crippen molar-refractivity contribution in [1.82, 2.24) is 9.88 Å². The zero-order valence-electron chi connectivity index (χ0n) is 20.2. The quantitative estimate of drug-likeness (QED) is 0.571. The van der Waals surface area contributed by atoms with Crippen molar-refractivity contribution in [3.63, 3.8) is 0 Å². The Morgan fingerprint density at radius 1 is 1.14 bits per heavy atom. The van der Waals surface area contributed by atoms with Crippen LogP contribution in [-0.4, -0.2) is 66.3 Å². The smallest absolute Gasteiger partial charge is 0.367 e. The van der Waals surface area contributed by atoms with Crippen molar-refractivity contribution in [3.8, 4) is 11.1 Å². The van der Waals surface area contributed by atoms with Gasteiger partial charge in [0.1, 0.15) is 11.7 Å². The van der Waals surface area contributed by atoms with Gasteiger partial charge >= 0.3 is 6.18 Å². The molecule has 2 aromatic rings. The molecular weight excluding hydrogens is 514 g/mol. The van der Waals surface area contributed by atoms with Gasteiger partial charge in [0.05, 0.1) is 22.0 Å². The Bertz CT molecular complexity index is 1280. The number of rotatable bonds is 4. The van der Waals surface area contributed by atoms with E-state index in [1.807, 2.05) is 25.8 Å². The second-order valence-electron chi connectivity index (χ2n) is 9.19. The molecule has 4 rings (SSSR count). The molecule has 0 radical (unpaired) electrons. The molecule has 1 saturated heterocycles. The van der Waals surface area contributed by atoms with Crippen LogP contribution in [0.3, 0.4) is 0 Å². The molecule has 0 bridgehead atoms. The van der Waals surface area contributed by atoms with Crippen LogP contribution in [0.25, 0.3) is 11.1 Å². The van der Waals surface area contributed by atoms with Gasteiger partial charge < -0.3 is 10.2 Å². The van der Waals surface area contributed by atoms with Crippen molar-refractivity contribution in [2.45, 2.75) is 32.1 Å². The van der Waals surface area contributed by atoms with Crippen molar-refractivity contribution >= 4 is 41.0 Å². The largest absolute Gasteiger partial charge is 0.414 e. The Labute approximate surface area is 215 Å². The molecule has 1 fully saturated rings. The SMILES string of the molecule is C[C@@H]1CN(c2cc(F)c(-c3cncc(Cl)c3)cc2NC(=O)C2C=NC(=O)C=C2C(F)(F)F)C[C@H](C)N1C. The summed E-state index contributed by atoms with van der Waals surface area (Å²) >= 11 is 6.02. The first-order chi connectivity index (χ1) is 17.3. The maximum Gasteiger partial charge on any atom is 0.414 e. The lowest BCUT2D eigenvalue weighted by Gasteiger charge is -2.44. The van der Waals surface area contributed by atoms with Gasteiger partial charge in [-0.2, -0.15) is 13.2 Å². The van der Waals surface area contributed by atoms with E-state index in [9.17, 15) is 22.8 Å². The van der Waals surface area contributed by atoms with Crippen LogP contribution >= 0.6 is 11.6 Å². The summed E-state index contributed by atoms with van der Waals surface area (Å²) < 4.78 is 56.2. The van der Waals surface area contributed by atoms with Crippen LogP contribution in [0.4, 0.5) is 28.9 Å². The topological polar surface area (TPSA) is 77.9 Å². The number of nitrogens with one attached hydrogen (secondary N) is 1. The number of nitrogens with zero attached hydrogens (tertiary/aromatic N) is 4. The lowest BCUT2D eigenvalue weighted by Crippen LogP contribution is -2.55. The summed E-state index contributed by atoms with van der Waals surface area (Å²) in [5.74, 6) is -4.62. The van der Waals surface area contributed by atoms with Gasteiger partial charge in [0.25, 0.3) is 5.91 Å². The molecule has 1 aromatic carbocycles. The second-order valence-corrected chi connectivity index (χ2v) is 9.63. The number of halogens is 5. The van der Waals surface area contributed by atoms with Gasteiger partial charge in [-0.15, -0.1) is 0 Å². The highest BCUT2D eigenvalue weighted by molar-refractivity contribution is 6.30. The number of carbonyl (C=O) groups is 2. The third-order valence-corrected chi connectivity index (χ3v) is 6.84. The normalized spacial score (nSPS) is 22.7. The molecule has 0 spiro atoms. The van der Waals surface area contributed by atoms with Crippen molar-refractivity contribution < 1.29 is 27.2 Å². The van der Waals surface area contributed by atoms with E-state index in [0.29, 0.717) is 36.6 Å². The number of amides is 2. The van der Waals surface area contributed by atoms with E-state index in [1.165, 1.54) is 30.6 Å². The maximum absolute atomic E-state index is 15.4. The van der Waals surface area contributed by atoms with Crippen LogP contribution in [0.2, 0.25) is 5.02 Å². The molecule has 3 atom stereocenters. The summed E-state index contributed by atoms with van der Waals surface area (Å²) in [4.78, 5) is 36.0. The molecule has 1 aromatic heterocycles. The third kappa shape index (κ3) is 5.67. The number of anilines is 2. The molecule has 1 N–H and O–H groups in total. The first kappa shape index (κ1) is 26.7. The summed E-state index contributed by atoms with van der Waals surface area (Å²) in [7, 11) is 1.97. The van der Waals surface area contributed by atoms with E-state index in [1.54, 1.807) is 0 Å². The average Bonchev–Trinajstić information content (AvgIpc) is 2.82. The summed E-state index contributed by atoms with van der Waals surface area (Å²) in [6.45, 7) is 4.99. The number of hydrogen-bond donors (Lipinski definition) is 1. The molecule has 0 aliphatic carbocycles. The number of piperazine rings is 1. The molecule has 1 unspecified atom stereocenters. The van der Waals surface area contributed by atoms with Gasteiger partial charge in [-0.25, -0.2) is 9.38 Å². The first-order valence-corrected chi connectivity index (χ1v) is 11.8. The van der Waals surface area contributed by atoms with Gasteiger partial charge in [-0.3, -0.25) is 19.5 Å². The summed E-state index contributed by atoms with van der Waals surface area (Å²) in [6, 6.07) is 4.26. The van der Waals surface area contributed by atoms with Crippen LogP contribution in [0, 0.1) is 11.7 Å². The van der Waals surface area contributed by atoms with Crippen LogP contribution in [0.1, 0.15) is 13.8 Å². The number of likely N-dealkylation sites (N-methyl/N-ethyl adjacent to an activating group) is 1. The zero-order chi connectivity index (χ0) is 27.1. The summed E-state index contributed by atoms with van der Waals surface area (Å²) in [6.07, 6.45) is -1.18. The number of pyridine rings is 1. The van der Waals surface area contributed by atoms with Crippen LogP contribution in [-0.2, 0) is 9.59 Å². The lowest BCUT2D eigenvalue weighted by molar-refractivity contribution is -0.124. The van der Waals surface area contributed by atoms with Crippen LogP contribution in [0.15, 0.2) is 47.2 Å². The van der Waals surface area contributed by atoms with Crippen molar-refractivity contribution in [1.29, 1.82) is 0 Å². The van der Waals surface area contributed by atoms with Gasteiger partial charge in [-0.05, 0) is 39.1 Å². The number of carbonyl (C=O) groups excluding carboxylic acids is 2. The van der Waals surface area contributed by atoms with Crippen LogP contribution in [0.5, 0.6) is 0 Å². The zero-order valence-corrected chi connectivity index (χ0v) is 20.9. The highest BCUT2D eigenvalue weighted by Gasteiger charge is 2.43. The molecule has 0 saturated carbocycles. The lowest BCUT2D eigenvalue weighted by atomic mass is 9.95. The van der Waals surface area contributed by atoms with E-state index in [0.717, 1.165) is 0 Å². The molecule has 12 heteroatoms. The summed E-state index contributed by atoms with van der Waals surface area (Å²) in [5, 5.41) is 2.79. The van der Waals surface area contributed by atoms with E-state index < -0.39 is 35.3 Å². The number of benzene rings is 1. The standard InChI is InChI=1S/C25H24ClF4N5O2/c1-13-11-35(12-14(2)34(13)3)22-7-20(27)17(15-4-16(26)9-31-8-15)5-21(22)33-24(37)18-10-32-23(36)6-19(18)25(28,29)30/h4-10,13-14,18H,11-12H2,1-3H3,(H,33,37)/t13-,14+,18?. The minimum Gasteiger partial charge on any atom is -0.367 e. The van der Waals surface area contributed by atoms with E-state index >= 15 is 4.39 Å². The minimum atomic E-state index is -4.92. The van der Waals surface area contributed by atoms with Crippen molar-refractivity contribution in [3.05, 3.63) is 53.1 Å². The van der Waals surface area contributed by atoms with Gasteiger partial charge in [0.15, 0.2) is 0 Å². The highest BCUT2D eigenvalue weighted by Crippen LogP contribution is 2.38. The molecule has 2 amide bonds. The maximum atomic E-state index is 15.4. The fraction of sp³-hybridized carbons (Fsp3) is 0.360. The monoisotopic (exact) mass is 537 g/mol. The molecule has 37 heavy (non-hydrogen) atoms. The predicted molar refractivity (Wildman–Crippen MR) is 133 cm³/mol. The minimum absolute atomic E-state index is 0.0587. The fourth-order valence-corrected chi connectivity index (χ4v) is 4.65. The van der Waals surface area contributed by atoms with Gasteiger partial charge in [0.2, 0.25) is 5.91 Å².